The van der Waals surface area contributed by atoms with Crippen LogP contribution in [0.1, 0.15) is 38.3 Å². The van der Waals surface area contributed by atoms with Crippen LogP contribution in [0, 0.1) is 0 Å². The zero-order valence-electron chi connectivity index (χ0n) is 26.5. The monoisotopic (exact) mass is 631 g/mol. The van der Waals surface area contributed by atoms with Crippen LogP contribution >= 0.6 is 0 Å². The quantitative estimate of drug-likeness (QED) is 0.274. The number of para-hydroxylation sites is 1. The summed E-state index contributed by atoms with van der Waals surface area (Å²) < 4.78 is 16.0. The van der Waals surface area contributed by atoms with Gasteiger partial charge in [-0.15, -0.1) is 0 Å². The molecule has 0 spiro atoms. The predicted octanol–water partition coefficient (Wildman–Crippen LogP) is 5.28. The number of morpholine rings is 1. The lowest BCUT2D eigenvalue weighted by Gasteiger charge is -2.38. The summed E-state index contributed by atoms with van der Waals surface area (Å²) in [6.45, 7) is 5.05. The number of aryl methyl sites for hydroxylation is 1. The van der Waals surface area contributed by atoms with E-state index < -0.39 is 47.9 Å². The molecule has 3 amide bonds. The highest BCUT2D eigenvalue weighted by Crippen LogP contribution is 2.24. The number of ether oxygens (including phenoxy) is 3. The lowest BCUT2D eigenvalue weighted by atomic mass is 10.00. The van der Waals surface area contributed by atoms with E-state index in [-0.39, 0.29) is 19.6 Å². The number of carboxylic acids is 1. The zero-order chi connectivity index (χ0) is 33.3. The molecule has 0 aliphatic carbocycles. The van der Waals surface area contributed by atoms with Gasteiger partial charge >= 0.3 is 18.2 Å². The number of hydrogen-bond donors (Lipinski definition) is 3. The largest absolute Gasteiger partial charge is 0.480 e. The Labute approximate surface area is 268 Å². The number of nitrogens with one attached hydrogen (secondary N) is 2. The van der Waals surface area contributed by atoms with Crippen molar-refractivity contribution in [3.63, 3.8) is 0 Å². The molecule has 0 bridgehead atoms. The van der Waals surface area contributed by atoms with Crippen molar-refractivity contribution in [2.45, 2.75) is 63.8 Å². The van der Waals surface area contributed by atoms with E-state index in [9.17, 15) is 24.3 Å². The van der Waals surface area contributed by atoms with Gasteiger partial charge in [-0.25, -0.2) is 14.4 Å². The number of alkyl carbamates (subject to hydrolysis) is 1. The fraction of sp³-hybridized carbons (Fsp3) is 0.371. The van der Waals surface area contributed by atoms with Gasteiger partial charge in [0.15, 0.2) is 6.04 Å². The van der Waals surface area contributed by atoms with Crippen molar-refractivity contribution in [2.75, 3.05) is 25.6 Å². The minimum atomic E-state index is -1.17. The van der Waals surface area contributed by atoms with Crippen LogP contribution in [0.15, 0.2) is 78.9 Å². The van der Waals surface area contributed by atoms with Crippen molar-refractivity contribution >= 4 is 29.8 Å². The highest BCUT2D eigenvalue weighted by molar-refractivity contribution is 5.97. The number of rotatable bonds is 10. The van der Waals surface area contributed by atoms with Crippen LogP contribution in [0.3, 0.4) is 0 Å². The van der Waals surface area contributed by atoms with Gasteiger partial charge in [0, 0.05) is 12.1 Å². The van der Waals surface area contributed by atoms with E-state index in [0.29, 0.717) is 18.5 Å². The minimum Gasteiger partial charge on any atom is -0.480 e. The van der Waals surface area contributed by atoms with Gasteiger partial charge in [-0.1, -0.05) is 72.8 Å². The van der Waals surface area contributed by atoms with Crippen molar-refractivity contribution in [2.24, 2.45) is 0 Å². The minimum absolute atomic E-state index is 0.0502. The summed E-state index contributed by atoms with van der Waals surface area (Å²) in [4.78, 5) is 51.5. The normalized spacial score (nSPS) is 17.0. The fourth-order valence-corrected chi connectivity index (χ4v) is 5.12. The molecule has 3 atom stereocenters. The maximum absolute atomic E-state index is 13.5. The molecule has 11 heteroatoms. The van der Waals surface area contributed by atoms with Crippen molar-refractivity contribution in [1.29, 1.82) is 0 Å². The highest BCUT2D eigenvalue weighted by atomic mass is 16.6. The Bertz CT molecular complexity index is 1500. The number of methoxy groups -OCH3 is 1. The maximum atomic E-state index is 13.5. The van der Waals surface area contributed by atoms with Crippen LogP contribution in [-0.2, 0) is 36.6 Å². The standard InChI is InChI=1S/C35H41N3O8/c1-35(2,3)46-34(43)38-21-27(45-22-30(38)32(40)41)19-18-26-12-8-9-13-28(26)36-31(39)29(37-33(42)44-4)20-23-14-16-25(17-15-23)24-10-6-5-7-11-24/h5-17,27,29-30H,18-22H2,1-4H3,(H,36,39)(H,37,42)(H,40,41)/t27?,29-,30?/m0/s1. The summed E-state index contributed by atoms with van der Waals surface area (Å²) >= 11 is 0. The third kappa shape index (κ3) is 9.55. The Balaban J connectivity index is 1.43. The molecule has 3 aromatic carbocycles. The first-order valence-electron chi connectivity index (χ1n) is 15.1. The van der Waals surface area contributed by atoms with Crippen molar-refractivity contribution in [3.8, 4) is 11.1 Å². The summed E-state index contributed by atoms with van der Waals surface area (Å²) in [6, 6.07) is 23.0. The summed E-state index contributed by atoms with van der Waals surface area (Å²) in [6.07, 6.45) is -0.718. The number of benzene rings is 3. The van der Waals surface area contributed by atoms with Crippen LogP contribution in [0.2, 0.25) is 0 Å². The Morgan fingerprint density at radius 1 is 0.957 bits per heavy atom. The van der Waals surface area contributed by atoms with E-state index >= 15 is 0 Å². The van der Waals surface area contributed by atoms with Crippen molar-refractivity contribution in [3.05, 3.63) is 90.0 Å². The molecule has 1 aliphatic heterocycles. The van der Waals surface area contributed by atoms with Gasteiger partial charge in [-0.2, -0.15) is 0 Å². The first-order valence-corrected chi connectivity index (χ1v) is 15.1. The third-order valence-electron chi connectivity index (χ3n) is 7.49. The smallest absolute Gasteiger partial charge is 0.411 e. The Morgan fingerprint density at radius 2 is 1.61 bits per heavy atom. The summed E-state index contributed by atoms with van der Waals surface area (Å²) in [5.74, 6) is -1.58. The molecule has 3 N–H and O–H groups in total. The number of carbonyl (C=O) groups excluding carboxylic acids is 3. The fourth-order valence-electron chi connectivity index (χ4n) is 5.12. The molecular formula is C35H41N3O8. The number of carbonyl (C=O) groups is 4. The topological polar surface area (TPSA) is 143 Å². The first kappa shape index (κ1) is 34.0. The molecule has 46 heavy (non-hydrogen) atoms. The Kier molecular flexibility index (Phi) is 11.4. The number of aliphatic carboxylic acids is 1. The average Bonchev–Trinajstić information content (AvgIpc) is 3.03. The number of hydrogen-bond acceptors (Lipinski definition) is 7. The molecule has 1 fully saturated rings. The van der Waals surface area contributed by atoms with Gasteiger partial charge in [-0.05, 0) is 61.9 Å². The number of carboxylic acid groups (broad SMARTS) is 1. The highest BCUT2D eigenvalue weighted by Gasteiger charge is 2.39. The molecular weight excluding hydrogens is 590 g/mol. The van der Waals surface area contributed by atoms with Crippen LogP contribution in [0.5, 0.6) is 0 Å². The first-order chi connectivity index (χ1) is 21.9. The van der Waals surface area contributed by atoms with Gasteiger partial charge < -0.3 is 30.0 Å². The van der Waals surface area contributed by atoms with E-state index in [0.717, 1.165) is 22.3 Å². The molecule has 0 radical (unpaired) electrons. The molecule has 0 aromatic heterocycles. The molecule has 244 valence electrons. The van der Waals surface area contributed by atoms with Gasteiger partial charge in [0.25, 0.3) is 0 Å². The van der Waals surface area contributed by atoms with Gasteiger partial charge in [-0.3, -0.25) is 9.69 Å². The number of anilines is 1. The van der Waals surface area contributed by atoms with Gasteiger partial charge in [0.2, 0.25) is 5.91 Å². The molecule has 1 aliphatic rings. The van der Waals surface area contributed by atoms with Crippen LogP contribution in [0.25, 0.3) is 11.1 Å². The summed E-state index contributed by atoms with van der Waals surface area (Å²) in [7, 11) is 1.24. The van der Waals surface area contributed by atoms with Crippen LogP contribution in [-0.4, -0.2) is 78.1 Å². The third-order valence-corrected chi connectivity index (χ3v) is 7.49. The van der Waals surface area contributed by atoms with Crippen LogP contribution < -0.4 is 10.6 Å². The molecule has 1 heterocycles. The van der Waals surface area contributed by atoms with E-state index in [2.05, 4.69) is 10.6 Å². The van der Waals surface area contributed by atoms with Gasteiger partial charge in [0.05, 0.1) is 26.4 Å². The predicted molar refractivity (Wildman–Crippen MR) is 172 cm³/mol. The lowest BCUT2D eigenvalue weighted by Crippen LogP contribution is -2.56. The molecule has 11 nitrogen and oxygen atoms in total. The Morgan fingerprint density at radius 3 is 2.26 bits per heavy atom. The van der Waals surface area contributed by atoms with E-state index in [1.807, 2.05) is 66.7 Å². The number of amides is 3. The molecule has 4 rings (SSSR count). The van der Waals surface area contributed by atoms with Crippen molar-refractivity contribution in [1.82, 2.24) is 10.2 Å². The van der Waals surface area contributed by atoms with Crippen LogP contribution in [0.4, 0.5) is 15.3 Å². The summed E-state index contributed by atoms with van der Waals surface area (Å²) in [5, 5.41) is 15.2. The molecule has 2 unspecified atom stereocenters. The Hall–Kier alpha value is -4.90. The van der Waals surface area contributed by atoms with E-state index in [1.165, 1.54) is 12.0 Å². The molecule has 3 aromatic rings. The second-order valence-electron chi connectivity index (χ2n) is 12.1. The maximum Gasteiger partial charge on any atom is 0.411 e. The lowest BCUT2D eigenvalue weighted by molar-refractivity contribution is -0.153. The zero-order valence-corrected chi connectivity index (χ0v) is 26.5. The molecule has 1 saturated heterocycles. The van der Waals surface area contributed by atoms with E-state index in [1.54, 1.807) is 32.9 Å². The SMILES string of the molecule is COC(=O)N[C@@H](Cc1ccc(-c2ccccc2)cc1)C(=O)Nc1ccccc1CCC1CN(C(=O)OC(C)(C)C)C(C(=O)O)CO1. The van der Waals surface area contributed by atoms with E-state index in [4.69, 9.17) is 14.2 Å². The second-order valence-corrected chi connectivity index (χ2v) is 12.1. The second kappa shape index (κ2) is 15.4. The average molecular weight is 632 g/mol. The van der Waals surface area contributed by atoms with Gasteiger partial charge in [0.1, 0.15) is 11.6 Å². The molecule has 0 saturated carbocycles. The summed E-state index contributed by atoms with van der Waals surface area (Å²) in [5.41, 5.74) is 3.56. The number of nitrogens with zero attached hydrogens (tertiary/aromatic N) is 1. The van der Waals surface area contributed by atoms with Crippen molar-refractivity contribution < 1.29 is 38.5 Å².